The summed E-state index contributed by atoms with van der Waals surface area (Å²) in [6.07, 6.45) is 3.56. The fourth-order valence-corrected chi connectivity index (χ4v) is 2.80. The number of anilines is 1. The van der Waals surface area contributed by atoms with Crippen LogP contribution in [0.4, 0.5) is 5.69 Å². The van der Waals surface area contributed by atoms with E-state index >= 15 is 0 Å². The van der Waals surface area contributed by atoms with E-state index in [-0.39, 0.29) is 17.1 Å². The molecule has 10 nitrogen and oxygen atoms in total. The molecule has 0 aromatic carbocycles. The lowest BCUT2D eigenvalue weighted by molar-refractivity contribution is -0.141. The zero-order chi connectivity index (χ0) is 17.0. The number of carbonyl (C=O) groups is 2. The second kappa shape index (κ2) is 6.52. The summed E-state index contributed by atoms with van der Waals surface area (Å²) in [6, 6.07) is 1.12. The molecule has 0 aliphatic rings. The molecule has 0 radical (unpaired) electrons. The Morgan fingerprint density at radius 3 is 2.74 bits per heavy atom. The van der Waals surface area contributed by atoms with Gasteiger partial charge in [0.25, 0.3) is 10.0 Å². The van der Waals surface area contributed by atoms with Gasteiger partial charge >= 0.3 is 11.9 Å². The molecule has 0 saturated carbocycles. The summed E-state index contributed by atoms with van der Waals surface area (Å²) in [5.74, 6) is -1.90. The van der Waals surface area contributed by atoms with Crippen LogP contribution < -0.4 is 4.72 Å². The summed E-state index contributed by atoms with van der Waals surface area (Å²) in [5, 5.41) is 3.82. The fourth-order valence-electron chi connectivity index (χ4n) is 1.66. The Labute approximate surface area is 131 Å². The number of nitrogens with zero attached hydrogens (tertiary/aromatic N) is 2. The highest BCUT2D eigenvalue weighted by Crippen LogP contribution is 2.21. The van der Waals surface area contributed by atoms with E-state index in [4.69, 9.17) is 4.42 Å². The number of hydrogen-bond donors (Lipinski definition) is 1. The Morgan fingerprint density at radius 2 is 2.09 bits per heavy atom. The van der Waals surface area contributed by atoms with E-state index in [9.17, 15) is 18.0 Å². The summed E-state index contributed by atoms with van der Waals surface area (Å²) < 4.78 is 41.7. The number of rotatable bonds is 6. The highest BCUT2D eigenvalue weighted by atomic mass is 32.2. The number of sulfonamides is 1. The topological polar surface area (TPSA) is 130 Å². The zero-order valence-electron chi connectivity index (χ0n) is 12.2. The maximum atomic E-state index is 12.3. The van der Waals surface area contributed by atoms with Gasteiger partial charge in [-0.05, 0) is 6.07 Å². The van der Waals surface area contributed by atoms with Crippen molar-refractivity contribution < 1.29 is 31.9 Å². The Kier molecular flexibility index (Phi) is 4.69. The minimum Gasteiger partial charge on any atom is -0.468 e. The molecule has 0 atom stereocenters. The summed E-state index contributed by atoms with van der Waals surface area (Å²) in [5.41, 5.74) is 0.103. The number of methoxy groups -OCH3 is 2. The molecule has 0 amide bonds. The van der Waals surface area contributed by atoms with Gasteiger partial charge in [0.2, 0.25) is 5.76 Å². The molecule has 2 aromatic heterocycles. The number of esters is 2. The molecule has 11 heteroatoms. The average molecular weight is 343 g/mol. The molecule has 0 fully saturated rings. The van der Waals surface area contributed by atoms with Crippen LogP contribution in [0.3, 0.4) is 0 Å². The van der Waals surface area contributed by atoms with E-state index in [0.29, 0.717) is 0 Å². The maximum absolute atomic E-state index is 12.3. The normalized spacial score (nSPS) is 11.0. The van der Waals surface area contributed by atoms with Gasteiger partial charge in [-0.1, -0.05) is 0 Å². The van der Waals surface area contributed by atoms with Crippen LogP contribution in [-0.4, -0.2) is 44.4 Å². The average Bonchev–Trinajstić information content (AvgIpc) is 3.15. The molecule has 0 aliphatic heterocycles. The van der Waals surface area contributed by atoms with Crippen LogP contribution in [0.25, 0.3) is 0 Å². The van der Waals surface area contributed by atoms with Gasteiger partial charge in [-0.2, -0.15) is 5.10 Å². The van der Waals surface area contributed by atoms with E-state index in [2.05, 4.69) is 19.3 Å². The lowest BCUT2D eigenvalue weighted by Crippen LogP contribution is -2.16. The number of ether oxygens (including phenoxy) is 2. The lowest BCUT2D eigenvalue weighted by atomic mass is 10.4. The highest BCUT2D eigenvalue weighted by Gasteiger charge is 2.27. The molecule has 0 spiro atoms. The second-order valence-electron chi connectivity index (χ2n) is 4.21. The minimum atomic E-state index is -4.09. The first-order valence-corrected chi connectivity index (χ1v) is 7.63. The Morgan fingerprint density at radius 1 is 1.35 bits per heavy atom. The molecule has 0 bridgehead atoms. The van der Waals surface area contributed by atoms with Crippen molar-refractivity contribution in [3.05, 3.63) is 30.5 Å². The van der Waals surface area contributed by atoms with Crippen molar-refractivity contribution in [2.75, 3.05) is 18.9 Å². The second-order valence-corrected chi connectivity index (χ2v) is 5.86. The predicted octanol–water partition coefficient (Wildman–Crippen LogP) is 0.236. The molecule has 1 N–H and O–H groups in total. The van der Waals surface area contributed by atoms with Gasteiger partial charge in [0, 0.05) is 6.20 Å². The first-order valence-electron chi connectivity index (χ1n) is 6.15. The maximum Gasteiger partial charge on any atom is 0.375 e. The first-order chi connectivity index (χ1) is 10.9. The van der Waals surface area contributed by atoms with Crippen LogP contribution in [-0.2, 0) is 30.8 Å². The molecule has 2 heterocycles. The van der Waals surface area contributed by atoms with Crippen LogP contribution >= 0.6 is 0 Å². The summed E-state index contributed by atoms with van der Waals surface area (Å²) in [7, 11) is -1.76. The van der Waals surface area contributed by atoms with E-state index in [1.807, 2.05) is 0 Å². The smallest absolute Gasteiger partial charge is 0.375 e. The molecule has 2 rings (SSSR count). The molecule has 0 saturated heterocycles. The van der Waals surface area contributed by atoms with Crippen molar-refractivity contribution in [1.29, 1.82) is 0 Å². The van der Waals surface area contributed by atoms with E-state index in [1.165, 1.54) is 24.2 Å². The fraction of sp³-hybridized carbons (Fsp3) is 0.250. The zero-order valence-corrected chi connectivity index (χ0v) is 13.0. The molecule has 124 valence electrons. The van der Waals surface area contributed by atoms with E-state index in [0.717, 1.165) is 19.4 Å². The van der Waals surface area contributed by atoms with Gasteiger partial charge in [0.15, 0.2) is 0 Å². The van der Waals surface area contributed by atoms with Gasteiger partial charge in [-0.25, -0.2) is 13.2 Å². The number of hydrogen-bond acceptors (Lipinski definition) is 8. The largest absolute Gasteiger partial charge is 0.468 e. The van der Waals surface area contributed by atoms with Crippen molar-refractivity contribution in [2.45, 2.75) is 11.4 Å². The third kappa shape index (κ3) is 3.69. The van der Waals surface area contributed by atoms with Gasteiger partial charge in [0.1, 0.15) is 11.4 Å². The highest BCUT2D eigenvalue weighted by molar-refractivity contribution is 7.92. The number of aromatic nitrogens is 2. The van der Waals surface area contributed by atoms with Crippen LogP contribution in [0, 0.1) is 0 Å². The lowest BCUT2D eigenvalue weighted by Gasteiger charge is -2.05. The van der Waals surface area contributed by atoms with Crippen LogP contribution in [0.2, 0.25) is 0 Å². The number of furan rings is 1. The third-order valence-electron chi connectivity index (χ3n) is 2.69. The SMILES string of the molecule is COC(=O)Cn1cc(NS(=O)(=O)c2ccoc2C(=O)OC)cn1. The molecule has 0 unspecified atom stereocenters. The summed E-state index contributed by atoms with van der Waals surface area (Å²) in [4.78, 5) is 22.2. The van der Waals surface area contributed by atoms with E-state index in [1.54, 1.807) is 0 Å². The first kappa shape index (κ1) is 16.5. The van der Waals surface area contributed by atoms with Crippen LogP contribution in [0.5, 0.6) is 0 Å². The minimum absolute atomic E-state index is 0.103. The quantitative estimate of drug-likeness (QED) is 0.738. The Balaban J connectivity index is 2.21. The summed E-state index contributed by atoms with van der Waals surface area (Å²) in [6.45, 7) is -0.169. The van der Waals surface area contributed by atoms with Gasteiger partial charge < -0.3 is 13.9 Å². The third-order valence-corrected chi connectivity index (χ3v) is 4.10. The van der Waals surface area contributed by atoms with Crippen molar-refractivity contribution in [2.24, 2.45) is 0 Å². The van der Waals surface area contributed by atoms with Gasteiger partial charge in [-0.3, -0.25) is 14.2 Å². The molecule has 0 aliphatic carbocycles. The van der Waals surface area contributed by atoms with Crippen molar-refractivity contribution >= 4 is 27.6 Å². The monoisotopic (exact) mass is 343 g/mol. The van der Waals surface area contributed by atoms with Crippen LogP contribution in [0.1, 0.15) is 10.6 Å². The van der Waals surface area contributed by atoms with Crippen molar-refractivity contribution in [3.63, 3.8) is 0 Å². The Hall–Kier alpha value is -2.82. The molecule has 23 heavy (non-hydrogen) atoms. The molecular weight excluding hydrogens is 330 g/mol. The van der Waals surface area contributed by atoms with E-state index < -0.39 is 27.7 Å². The number of carbonyl (C=O) groups excluding carboxylic acids is 2. The van der Waals surface area contributed by atoms with Gasteiger partial charge in [0.05, 0.1) is 32.4 Å². The van der Waals surface area contributed by atoms with Crippen molar-refractivity contribution in [3.8, 4) is 0 Å². The Bertz CT molecular complexity index is 821. The molecule has 2 aromatic rings. The molecular formula is C12H13N3O7S. The van der Waals surface area contributed by atoms with Gasteiger partial charge in [-0.15, -0.1) is 0 Å². The van der Waals surface area contributed by atoms with Crippen LogP contribution in [0.15, 0.2) is 34.0 Å². The summed E-state index contributed by atoms with van der Waals surface area (Å²) >= 11 is 0. The predicted molar refractivity (Wildman–Crippen MR) is 75.1 cm³/mol. The number of nitrogens with one attached hydrogen (secondary N) is 1. The standard InChI is InChI=1S/C12H13N3O7S/c1-20-10(16)7-15-6-8(5-13-15)14-23(18,19)9-3-4-22-11(9)12(17)21-2/h3-6,14H,7H2,1-2H3. The van der Waals surface area contributed by atoms with Crippen molar-refractivity contribution in [1.82, 2.24) is 9.78 Å².